The van der Waals surface area contributed by atoms with Crippen molar-refractivity contribution in [1.82, 2.24) is 19.7 Å². The van der Waals surface area contributed by atoms with Gasteiger partial charge in [0.1, 0.15) is 17.4 Å². The maximum absolute atomic E-state index is 9.44. The van der Waals surface area contributed by atoms with Crippen molar-refractivity contribution in [2.45, 2.75) is 25.7 Å². The van der Waals surface area contributed by atoms with Gasteiger partial charge in [0.15, 0.2) is 5.65 Å². The first-order valence-electron chi connectivity index (χ1n) is 8.32. The van der Waals surface area contributed by atoms with Gasteiger partial charge in [0.2, 0.25) is 0 Å². The Bertz CT molecular complexity index is 863. The highest BCUT2D eigenvalue weighted by molar-refractivity contribution is 5.87. The van der Waals surface area contributed by atoms with E-state index in [0.717, 1.165) is 48.6 Å². The van der Waals surface area contributed by atoms with Crippen LogP contribution in [0, 0.1) is 6.92 Å². The van der Waals surface area contributed by atoms with E-state index in [1.807, 2.05) is 32.3 Å². The highest BCUT2D eigenvalue weighted by Gasteiger charge is 2.24. The molecule has 0 amide bonds. The lowest BCUT2D eigenvalue weighted by molar-refractivity contribution is 0.472. The van der Waals surface area contributed by atoms with E-state index in [2.05, 4.69) is 20.0 Å². The number of hydrogen-bond donors (Lipinski definition) is 1. The second-order valence-corrected chi connectivity index (χ2v) is 6.45. The molecule has 0 atom stereocenters. The van der Waals surface area contributed by atoms with Crippen molar-refractivity contribution in [2.24, 2.45) is 7.05 Å². The standard InChI is InChI=1S/C18H21N5O/c1-12-20-17-16(11-19-22(17)2)18(21-12)23-9-7-14(8-10-23)13-3-5-15(24)6-4-13/h3-6,11,14,24H,7-10H2,1-2H3. The Morgan fingerprint density at radius 3 is 2.50 bits per heavy atom. The predicted molar refractivity (Wildman–Crippen MR) is 93.3 cm³/mol. The van der Waals surface area contributed by atoms with Crippen LogP contribution in [-0.4, -0.2) is 37.9 Å². The monoisotopic (exact) mass is 323 g/mol. The van der Waals surface area contributed by atoms with Crippen LogP contribution in [0.4, 0.5) is 5.82 Å². The fraction of sp³-hybridized carbons (Fsp3) is 0.389. The van der Waals surface area contributed by atoms with Crippen LogP contribution in [0.3, 0.4) is 0 Å². The van der Waals surface area contributed by atoms with E-state index in [1.165, 1.54) is 5.56 Å². The molecule has 1 aromatic carbocycles. The number of aromatic hydroxyl groups is 1. The van der Waals surface area contributed by atoms with Gasteiger partial charge in [-0.25, -0.2) is 9.97 Å². The van der Waals surface area contributed by atoms with Crippen molar-refractivity contribution in [3.8, 4) is 5.75 Å². The topological polar surface area (TPSA) is 67.1 Å². The zero-order valence-corrected chi connectivity index (χ0v) is 14.0. The molecule has 1 aliphatic rings. The van der Waals surface area contributed by atoms with Gasteiger partial charge in [-0.05, 0) is 43.4 Å². The van der Waals surface area contributed by atoms with E-state index in [4.69, 9.17) is 0 Å². The Morgan fingerprint density at radius 2 is 1.79 bits per heavy atom. The molecular weight excluding hydrogens is 302 g/mol. The smallest absolute Gasteiger partial charge is 0.163 e. The third-order valence-electron chi connectivity index (χ3n) is 4.84. The van der Waals surface area contributed by atoms with E-state index < -0.39 is 0 Å². The molecule has 0 spiro atoms. The van der Waals surface area contributed by atoms with Crippen molar-refractivity contribution in [3.05, 3.63) is 41.9 Å². The van der Waals surface area contributed by atoms with Crippen molar-refractivity contribution in [3.63, 3.8) is 0 Å². The van der Waals surface area contributed by atoms with Crippen LogP contribution in [0.15, 0.2) is 30.5 Å². The molecule has 0 unspecified atom stereocenters. The lowest BCUT2D eigenvalue weighted by atomic mass is 9.89. The zero-order chi connectivity index (χ0) is 16.7. The molecule has 0 bridgehead atoms. The summed E-state index contributed by atoms with van der Waals surface area (Å²) >= 11 is 0. The minimum atomic E-state index is 0.326. The van der Waals surface area contributed by atoms with E-state index in [0.29, 0.717) is 11.7 Å². The van der Waals surface area contributed by atoms with Crippen LogP contribution in [0.25, 0.3) is 11.0 Å². The van der Waals surface area contributed by atoms with Gasteiger partial charge >= 0.3 is 0 Å². The Kier molecular flexibility index (Phi) is 3.59. The zero-order valence-electron chi connectivity index (χ0n) is 14.0. The van der Waals surface area contributed by atoms with Crippen LogP contribution in [-0.2, 0) is 7.05 Å². The number of rotatable bonds is 2. The number of aryl methyl sites for hydroxylation is 2. The van der Waals surface area contributed by atoms with Gasteiger partial charge in [0.25, 0.3) is 0 Å². The Balaban J connectivity index is 1.57. The second kappa shape index (κ2) is 5.78. The molecule has 0 saturated carbocycles. The van der Waals surface area contributed by atoms with E-state index in [1.54, 1.807) is 16.8 Å². The van der Waals surface area contributed by atoms with Gasteiger partial charge in [-0.1, -0.05) is 12.1 Å². The van der Waals surface area contributed by atoms with Crippen molar-refractivity contribution in [2.75, 3.05) is 18.0 Å². The molecule has 0 aliphatic carbocycles. The molecule has 0 radical (unpaired) electrons. The summed E-state index contributed by atoms with van der Waals surface area (Å²) in [6, 6.07) is 7.61. The summed E-state index contributed by atoms with van der Waals surface area (Å²) in [5, 5.41) is 14.8. The van der Waals surface area contributed by atoms with E-state index in [9.17, 15) is 5.11 Å². The molecule has 4 rings (SSSR count). The van der Waals surface area contributed by atoms with Crippen molar-refractivity contribution >= 4 is 16.9 Å². The highest BCUT2D eigenvalue weighted by Crippen LogP contribution is 2.32. The number of benzene rings is 1. The summed E-state index contributed by atoms with van der Waals surface area (Å²) in [6.07, 6.45) is 4.02. The molecule has 3 aromatic rings. The summed E-state index contributed by atoms with van der Waals surface area (Å²) in [5.74, 6) is 2.64. The average molecular weight is 323 g/mol. The molecule has 124 valence electrons. The van der Waals surface area contributed by atoms with E-state index in [-0.39, 0.29) is 0 Å². The third-order valence-corrected chi connectivity index (χ3v) is 4.84. The van der Waals surface area contributed by atoms with E-state index >= 15 is 0 Å². The first-order chi connectivity index (χ1) is 11.6. The molecule has 24 heavy (non-hydrogen) atoms. The van der Waals surface area contributed by atoms with Crippen LogP contribution in [0.1, 0.15) is 30.1 Å². The van der Waals surface area contributed by atoms with Crippen LogP contribution < -0.4 is 4.90 Å². The van der Waals surface area contributed by atoms with Crippen molar-refractivity contribution in [1.29, 1.82) is 0 Å². The molecular formula is C18H21N5O. The fourth-order valence-corrected chi connectivity index (χ4v) is 3.53. The summed E-state index contributed by atoms with van der Waals surface area (Å²) in [7, 11) is 1.91. The van der Waals surface area contributed by atoms with Gasteiger partial charge < -0.3 is 10.0 Å². The number of fused-ring (bicyclic) bond motifs is 1. The lowest BCUT2D eigenvalue weighted by Crippen LogP contribution is -2.33. The van der Waals surface area contributed by atoms with Gasteiger partial charge in [-0.15, -0.1) is 0 Å². The molecule has 3 heterocycles. The predicted octanol–water partition coefficient (Wildman–Crippen LogP) is 2.76. The molecule has 2 aromatic heterocycles. The maximum Gasteiger partial charge on any atom is 0.163 e. The number of nitrogens with zero attached hydrogens (tertiary/aromatic N) is 5. The maximum atomic E-state index is 9.44. The van der Waals surface area contributed by atoms with Gasteiger partial charge in [-0.3, -0.25) is 4.68 Å². The second-order valence-electron chi connectivity index (χ2n) is 6.45. The first-order valence-corrected chi connectivity index (χ1v) is 8.32. The number of hydrogen-bond acceptors (Lipinski definition) is 5. The van der Waals surface area contributed by atoms with Gasteiger partial charge in [0.05, 0.1) is 11.6 Å². The number of anilines is 1. The molecule has 6 heteroatoms. The number of aromatic nitrogens is 4. The SMILES string of the molecule is Cc1nc(N2CCC(c3ccc(O)cc3)CC2)c2cnn(C)c2n1. The molecule has 1 aliphatic heterocycles. The third kappa shape index (κ3) is 2.58. The summed E-state index contributed by atoms with van der Waals surface area (Å²) in [6.45, 7) is 3.86. The van der Waals surface area contributed by atoms with Gasteiger partial charge in [-0.2, -0.15) is 5.10 Å². The largest absolute Gasteiger partial charge is 0.508 e. The minimum absolute atomic E-state index is 0.326. The lowest BCUT2D eigenvalue weighted by Gasteiger charge is -2.33. The summed E-state index contributed by atoms with van der Waals surface area (Å²) in [5.41, 5.74) is 2.19. The van der Waals surface area contributed by atoms with Crippen LogP contribution in [0.5, 0.6) is 5.75 Å². The average Bonchev–Trinajstić information content (AvgIpc) is 2.96. The van der Waals surface area contributed by atoms with Crippen LogP contribution in [0.2, 0.25) is 0 Å². The number of phenolic OH excluding ortho intramolecular Hbond substituents is 1. The minimum Gasteiger partial charge on any atom is -0.508 e. The Hall–Kier alpha value is -2.63. The normalized spacial score (nSPS) is 16.0. The number of piperidine rings is 1. The van der Waals surface area contributed by atoms with Crippen molar-refractivity contribution < 1.29 is 5.11 Å². The van der Waals surface area contributed by atoms with Crippen LogP contribution >= 0.6 is 0 Å². The molecule has 1 fully saturated rings. The number of phenols is 1. The Morgan fingerprint density at radius 1 is 1.08 bits per heavy atom. The molecule has 1 N–H and O–H groups in total. The molecule has 1 saturated heterocycles. The quantitative estimate of drug-likeness (QED) is 0.785. The van der Waals surface area contributed by atoms with Gasteiger partial charge in [0, 0.05) is 20.1 Å². The summed E-state index contributed by atoms with van der Waals surface area (Å²) in [4.78, 5) is 11.5. The summed E-state index contributed by atoms with van der Waals surface area (Å²) < 4.78 is 1.80. The fourth-order valence-electron chi connectivity index (χ4n) is 3.53. The molecule has 6 nitrogen and oxygen atoms in total. The highest BCUT2D eigenvalue weighted by atomic mass is 16.3. The first kappa shape index (κ1) is 14.9. The Labute approximate surface area is 140 Å².